The lowest BCUT2D eigenvalue weighted by atomic mass is 9.83. The Kier molecular flexibility index (Phi) is 2.53. The summed E-state index contributed by atoms with van der Waals surface area (Å²) in [5, 5.41) is 0. The molecule has 1 aromatic carbocycles. The molecule has 0 amide bonds. The molecule has 0 aromatic heterocycles. The van der Waals surface area contributed by atoms with E-state index in [2.05, 4.69) is 6.07 Å². The quantitative estimate of drug-likeness (QED) is 0.669. The molecule has 0 fully saturated rings. The molecule has 14 heavy (non-hydrogen) atoms. The molecule has 0 unspecified atom stereocenters. The third kappa shape index (κ3) is 1.41. The van der Waals surface area contributed by atoms with Crippen LogP contribution in [-0.4, -0.2) is 13.4 Å². The first-order valence-corrected chi connectivity index (χ1v) is 4.98. The van der Waals surface area contributed by atoms with Gasteiger partial charge in [-0.2, -0.15) is 0 Å². The van der Waals surface area contributed by atoms with Crippen molar-refractivity contribution < 1.29 is 9.53 Å². The van der Waals surface area contributed by atoms with Crippen molar-refractivity contribution in [3.8, 4) is 5.75 Å². The summed E-state index contributed by atoms with van der Waals surface area (Å²) in [6.45, 7) is 0. The van der Waals surface area contributed by atoms with Crippen molar-refractivity contribution in [3.63, 3.8) is 0 Å². The minimum Gasteiger partial charge on any atom is -0.496 e. The van der Waals surface area contributed by atoms with Crippen LogP contribution in [0, 0.1) is 0 Å². The van der Waals surface area contributed by atoms with Crippen LogP contribution in [0.2, 0.25) is 0 Å². The maximum atomic E-state index is 10.9. The van der Waals surface area contributed by atoms with Gasteiger partial charge in [0, 0.05) is 11.5 Å². The fourth-order valence-corrected chi connectivity index (χ4v) is 2.20. The average molecular weight is 190 g/mol. The van der Waals surface area contributed by atoms with Gasteiger partial charge >= 0.3 is 0 Å². The van der Waals surface area contributed by atoms with Crippen molar-refractivity contribution in [2.45, 2.75) is 25.2 Å². The Morgan fingerprint density at radius 3 is 3.07 bits per heavy atom. The highest BCUT2D eigenvalue weighted by Crippen LogP contribution is 2.36. The largest absolute Gasteiger partial charge is 0.496 e. The fourth-order valence-electron chi connectivity index (χ4n) is 2.20. The van der Waals surface area contributed by atoms with E-state index in [1.807, 2.05) is 12.1 Å². The van der Waals surface area contributed by atoms with E-state index in [-0.39, 0.29) is 5.92 Å². The van der Waals surface area contributed by atoms with Crippen molar-refractivity contribution >= 4 is 6.29 Å². The van der Waals surface area contributed by atoms with E-state index in [1.54, 1.807) is 7.11 Å². The van der Waals surface area contributed by atoms with Gasteiger partial charge in [-0.05, 0) is 30.9 Å². The van der Waals surface area contributed by atoms with Gasteiger partial charge in [0.1, 0.15) is 12.0 Å². The van der Waals surface area contributed by atoms with E-state index in [1.165, 1.54) is 5.56 Å². The molecule has 2 heteroatoms. The smallest absolute Gasteiger partial charge is 0.127 e. The normalized spacial score (nSPS) is 19.9. The van der Waals surface area contributed by atoms with E-state index >= 15 is 0 Å². The van der Waals surface area contributed by atoms with Crippen molar-refractivity contribution in [2.75, 3.05) is 7.11 Å². The first kappa shape index (κ1) is 9.25. The predicted molar refractivity (Wildman–Crippen MR) is 54.7 cm³/mol. The van der Waals surface area contributed by atoms with Crippen molar-refractivity contribution in [1.82, 2.24) is 0 Å². The van der Waals surface area contributed by atoms with Gasteiger partial charge < -0.3 is 9.53 Å². The third-order valence-corrected chi connectivity index (χ3v) is 2.87. The van der Waals surface area contributed by atoms with Crippen LogP contribution in [0.4, 0.5) is 0 Å². The van der Waals surface area contributed by atoms with Gasteiger partial charge in [0.2, 0.25) is 0 Å². The highest BCUT2D eigenvalue weighted by Gasteiger charge is 2.22. The molecule has 0 N–H and O–H groups in total. The van der Waals surface area contributed by atoms with Crippen LogP contribution in [0.15, 0.2) is 18.2 Å². The van der Waals surface area contributed by atoms with Crippen molar-refractivity contribution in [1.29, 1.82) is 0 Å². The molecule has 0 aliphatic heterocycles. The molecule has 0 bridgehead atoms. The molecule has 0 saturated carbocycles. The average Bonchev–Trinajstić information content (AvgIpc) is 2.27. The molecule has 2 nitrogen and oxygen atoms in total. The minimum absolute atomic E-state index is 0.0369. The van der Waals surface area contributed by atoms with Crippen LogP contribution in [-0.2, 0) is 11.2 Å². The number of benzene rings is 1. The number of hydrogen-bond acceptors (Lipinski definition) is 2. The number of aldehydes is 1. The minimum atomic E-state index is 0.0369. The second-order valence-corrected chi connectivity index (χ2v) is 3.67. The number of methoxy groups -OCH3 is 1. The first-order chi connectivity index (χ1) is 6.86. The molecule has 0 radical (unpaired) electrons. The Hall–Kier alpha value is -1.31. The van der Waals surface area contributed by atoms with Gasteiger partial charge in [-0.3, -0.25) is 0 Å². The van der Waals surface area contributed by atoms with E-state index in [0.717, 1.165) is 36.9 Å². The Labute approximate surface area is 83.9 Å². The van der Waals surface area contributed by atoms with Gasteiger partial charge in [-0.15, -0.1) is 0 Å². The fraction of sp³-hybridized carbons (Fsp3) is 0.417. The van der Waals surface area contributed by atoms with Crippen molar-refractivity contribution in [3.05, 3.63) is 29.3 Å². The number of fused-ring (bicyclic) bond motifs is 1. The van der Waals surface area contributed by atoms with Crippen LogP contribution < -0.4 is 4.74 Å². The Morgan fingerprint density at radius 1 is 1.50 bits per heavy atom. The lowest BCUT2D eigenvalue weighted by Gasteiger charge is -2.23. The van der Waals surface area contributed by atoms with Gasteiger partial charge in [0.25, 0.3) is 0 Å². The first-order valence-electron chi connectivity index (χ1n) is 4.98. The molecular formula is C12H14O2. The topological polar surface area (TPSA) is 26.3 Å². The highest BCUT2D eigenvalue weighted by atomic mass is 16.5. The lowest BCUT2D eigenvalue weighted by molar-refractivity contribution is -0.109. The van der Waals surface area contributed by atoms with Crippen LogP contribution in [0.1, 0.15) is 29.9 Å². The number of hydrogen-bond donors (Lipinski definition) is 0. The summed E-state index contributed by atoms with van der Waals surface area (Å²) in [4.78, 5) is 10.9. The van der Waals surface area contributed by atoms with Crippen LogP contribution in [0.3, 0.4) is 0 Å². The zero-order chi connectivity index (χ0) is 9.97. The van der Waals surface area contributed by atoms with E-state index in [9.17, 15) is 4.79 Å². The molecule has 0 spiro atoms. The molecular weight excluding hydrogens is 176 g/mol. The van der Waals surface area contributed by atoms with E-state index in [4.69, 9.17) is 4.74 Å². The van der Waals surface area contributed by atoms with Gasteiger partial charge in [0.15, 0.2) is 0 Å². The van der Waals surface area contributed by atoms with Crippen molar-refractivity contribution in [2.24, 2.45) is 0 Å². The number of ether oxygens (including phenoxy) is 1. The Morgan fingerprint density at radius 2 is 2.36 bits per heavy atom. The molecule has 1 aliphatic carbocycles. The number of rotatable bonds is 2. The molecule has 0 heterocycles. The van der Waals surface area contributed by atoms with E-state index in [0.29, 0.717) is 0 Å². The van der Waals surface area contributed by atoms with Crippen LogP contribution >= 0.6 is 0 Å². The van der Waals surface area contributed by atoms with Gasteiger partial charge in [0.05, 0.1) is 7.11 Å². The monoisotopic (exact) mass is 190 g/mol. The van der Waals surface area contributed by atoms with E-state index < -0.39 is 0 Å². The Bertz CT molecular complexity index is 330. The molecule has 2 rings (SSSR count). The summed E-state index contributed by atoms with van der Waals surface area (Å²) in [6, 6.07) is 6.01. The maximum Gasteiger partial charge on any atom is 0.127 e. The molecule has 1 aliphatic rings. The van der Waals surface area contributed by atoms with Gasteiger partial charge in [-0.25, -0.2) is 0 Å². The second-order valence-electron chi connectivity index (χ2n) is 3.67. The highest BCUT2D eigenvalue weighted by molar-refractivity contribution is 5.66. The SMILES string of the molecule is COc1cccc2c1[C@H](C=O)CCC2. The van der Waals surface area contributed by atoms with Gasteiger partial charge in [-0.1, -0.05) is 12.1 Å². The summed E-state index contributed by atoms with van der Waals surface area (Å²) in [7, 11) is 1.66. The molecule has 1 atom stereocenters. The maximum absolute atomic E-state index is 10.9. The van der Waals surface area contributed by atoms with Crippen LogP contribution in [0.25, 0.3) is 0 Å². The van der Waals surface area contributed by atoms with Crippen LogP contribution in [0.5, 0.6) is 5.75 Å². The molecule has 1 aromatic rings. The summed E-state index contributed by atoms with van der Waals surface area (Å²) >= 11 is 0. The number of aryl methyl sites for hydroxylation is 1. The number of carbonyl (C=O) groups excluding carboxylic acids is 1. The summed E-state index contributed by atoms with van der Waals surface area (Å²) in [5.41, 5.74) is 2.38. The number of carbonyl (C=O) groups is 1. The second kappa shape index (κ2) is 3.82. The molecule has 74 valence electrons. The third-order valence-electron chi connectivity index (χ3n) is 2.87. The Balaban J connectivity index is 2.51. The standard InChI is InChI=1S/C12H14O2/c1-14-11-7-3-5-9-4-2-6-10(8-13)12(9)11/h3,5,7-8,10H,2,4,6H2,1H3/t10-/m0/s1. The summed E-state index contributed by atoms with van der Waals surface area (Å²) < 4.78 is 5.29. The summed E-state index contributed by atoms with van der Waals surface area (Å²) in [5.74, 6) is 0.897. The predicted octanol–water partition coefficient (Wildman–Crippen LogP) is 2.31. The molecule has 0 saturated heterocycles. The zero-order valence-corrected chi connectivity index (χ0v) is 8.32. The summed E-state index contributed by atoms with van der Waals surface area (Å²) in [6.07, 6.45) is 4.16. The zero-order valence-electron chi connectivity index (χ0n) is 8.32. The lowest BCUT2D eigenvalue weighted by Crippen LogP contribution is -2.12.